The number of aromatic amines is 1. The Bertz CT molecular complexity index is 1530. The topological polar surface area (TPSA) is 103 Å². The summed E-state index contributed by atoms with van der Waals surface area (Å²) in [6, 6.07) is 15.5. The van der Waals surface area contributed by atoms with Gasteiger partial charge in [-0.05, 0) is 43.7 Å². The fourth-order valence-corrected chi connectivity index (χ4v) is 4.08. The first-order valence-corrected chi connectivity index (χ1v) is 10.9. The number of carbonyl (C=O) groups is 2. The third-order valence-electron chi connectivity index (χ3n) is 5.70. The molecule has 9 heteroatoms. The van der Waals surface area contributed by atoms with Crippen LogP contribution in [0.1, 0.15) is 27.3 Å². The van der Waals surface area contributed by atoms with Crippen LogP contribution < -0.4 is 11.1 Å². The number of nitrogens with one attached hydrogen (secondary N) is 1. The standard InChI is InChI=1S/C25H22ClN3O5/c1-15-11-20(16(2)28(15)12-17-7-3-6-10-21(17)26)22(30)14-34-23(31)13-29-25(33)19-9-5-4-8-18(19)24(32)27-29/h3-11H,12-14H2,1-2H3,(H,27,32). The van der Waals surface area contributed by atoms with Gasteiger partial charge in [0.15, 0.2) is 6.61 Å². The Kier molecular flexibility index (Phi) is 6.51. The van der Waals surface area contributed by atoms with Gasteiger partial charge in [-0.2, -0.15) is 0 Å². The van der Waals surface area contributed by atoms with Gasteiger partial charge in [0, 0.05) is 28.5 Å². The molecule has 0 spiro atoms. The van der Waals surface area contributed by atoms with Crippen molar-refractivity contribution in [2.45, 2.75) is 26.9 Å². The van der Waals surface area contributed by atoms with Gasteiger partial charge in [-0.3, -0.25) is 24.3 Å². The van der Waals surface area contributed by atoms with Crippen LogP contribution >= 0.6 is 11.6 Å². The number of ketones is 1. The van der Waals surface area contributed by atoms with Crippen LogP contribution in [0.2, 0.25) is 5.02 Å². The molecule has 0 aliphatic heterocycles. The van der Waals surface area contributed by atoms with Gasteiger partial charge in [0.05, 0.1) is 10.8 Å². The number of ether oxygens (including phenoxy) is 1. The molecular formula is C25H22ClN3O5. The molecule has 0 radical (unpaired) electrons. The van der Waals surface area contributed by atoms with E-state index in [9.17, 15) is 19.2 Å². The summed E-state index contributed by atoms with van der Waals surface area (Å²) in [7, 11) is 0. The van der Waals surface area contributed by atoms with E-state index in [2.05, 4.69) is 5.10 Å². The van der Waals surface area contributed by atoms with Gasteiger partial charge >= 0.3 is 5.97 Å². The van der Waals surface area contributed by atoms with Crippen LogP contribution in [0, 0.1) is 13.8 Å². The minimum absolute atomic E-state index is 0.195. The number of fused-ring (bicyclic) bond motifs is 1. The van der Waals surface area contributed by atoms with Crippen molar-refractivity contribution in [3.8, 4) is 0 Å². The Hall–Kier alpha value is -3.91. The van der Waals surface area contributed by atoms with Gasteiger partial charge in [0.1, 0.15) is 6.54 Å². The van der Waals surface area contributed by atoms with Crippen molar-refractivity contribution in [2.24, 2.45) is 0 Å². The van der Waals surface area contributed by atoms with Crippen molar-refractivity contribution < 1.29 is 14.3 Å². The quantitative estimate of drug-likeness (QED) is 0.324. The average Bonchev–Trinajstić information content (AvgIpc) is 3.10. The lowest BCUT2D eigenvalue weighted by Gasteiger charge is -2.11. The summed E-state index contributed by atoms with van der Waals surface area (Å²) in [5.41, 5.74) is 1.94. The Labute approximate surface area is 199 Å². The number of halogens is 1. The van der Waals surface area contributed by atoms with Gasteiger partial charge in [-0.25, -0.2) is 4.68 Å². The molecule has 4 rings (SSSR count). The second kappa shape index (κ2) is 9.52. The maximum Gasteiger partial charge on any atom is 0.328 e. The number of hydrogen-bond acceptors (Lipinski definition) is 5. The van der Waals surface area contributed by atoms with Crippen LogP contribution in [0.5, 0.6) is 0 Å². The van der Waals surface area contributed by atoms with E-state index in [1.165, 1.54) is 12.1 Å². The van der Waals surface area contributed by atoms with Crippen LogP contribution in [-0.4, -0.2) is 32.7 Å². The van der Waals surface area contributed by atoms with Crippen molar-refractivity contribution in [3.05, 3.63) is 103 Å². The van der Waals surface area contributed by atoms with Crippen LogP contribution in [0.3, 0.4) is 0 Å². The largest absolute Gasteiger partial charge is 0.456 e. The molecule has 1 N–H and O–H groups in total. The molecule has 0 aliphatic carbocycles. The Balaban J connectivity index is 1.45. The molecule has 2 aromatic carbocycles. The average molecular weight is 480 g/mol. The Morgan fingerprint density at radius 3 is 2.41 bits per heavy atom. The molecule has 0 unspecified atom stereocenters. The number of Topliss-reactive ketones (excluding diaryl/α,β-unsaturated/α-hetero) is 1. The lowest BCUT2D eigenvalue weighted by atomic mass is 10.1. The number of esters is 1. The maximum absolute atomic E-state index is 12.8. The zero-order chi connectivity index (χ0) is 24.4. The van der Waals surface area contributed by atoms with E-state index in [4.69, 9.17) is 16.3 Å². The van der Waals surface area contributed by atoms with Crippen LogP contribution in [0.4, 0.5) is 0 Å². The summed E-state index contributed by atoms with van der Waals surface area (Å²) < 4.78 is 7.96. The highest BCUT2D eigenvalue weighted by molar-refractivity contribution is 6.31. The van der Waals surface area contributed by atoms with E-state index in [0.717, 1.165) is 21.6 Å². The molecule has 174 valence electrons. The lowest BCUT2D eigenvalue weighted by Crippen LogP contribution is -2.33. The number of aromatic nitrogens is 3. The highest BCUT2D eigenvalue weighted by Crippen LogP contribution is 2.21. The molecule has 0 aliphatic rings. The summed E-state index contributed by atoms with van der Waals surface area (Å²) >= 11 is 6.27. The number of carbonyl (C=O) groups excluding carboxylic acids is 2. The molecule has 8 nitrogen and oxygen atoms in total. The number of rotatable bonds is 7. The zero-order valence-corrected chi connectivity index (χ0v) is 19.4. The van der Waals surface area contributed by atoms with Gasteiger partial charge in [-0.15, -0.1) is 0 Å². The number of benzene rings is 2. The molecule has 4 aromatic rings. The molecule has 2 aromatic heterocycles. The first-order chi connectivity index (χ1) is 16.3. The number of H-pyrrole nitrogens is 1. The smallest absolute Gasteiger partial charge is 0.328 e. The predicted octanol–water partition coefficient (Wildman–Crippen LogP) is 3.24. The van der Waals surface area contributed by atoms with E-state index >= 15 is 0 Å². The molecule has 0 saturated heterocycles. The third-order valence-corrected chi connectivity index (χ3v) is 6.06. The number of nitrogens with zero attached hydrogens (tertiary/aromatic N) is 2. The highest BCUT2D eigenvalue weighted by Gasteiger charge is 2.19. The Morgan fingerprint density at radius 2 is 1.68 bits per heavy atom. The molecular weight excluding hydrogens is 458 g/mol. The molecule has 0 saturated carbocycles. The lowest BCUT2D eigenvalue weighted by molar-refractivity contribution is -0.143. The van der Waals surface area contributed by atoms with Gasteiger partial charge in [0.25, 0.3) is 11.1 Å². The molecule has 0 amide bonds. The molecule has 0 atom stereocenters. The summed E-state index contributed by atoms with van der Waals surface area (Å²) in [6.07, 6.45) is 0. The van der Waals surface area contributed by atoms with E-state index in [1.54, 1.807) is 18.2 Å². The zero-order valence-electron chi connectivity index (χ0n) is 18.6. The van der Waals surface area contributed by atoms with Crippen molar-refractivity contribution in [2.75, 3.05) is 6.61 Å². The summed E-state index contributed by atoms with van der Waals surface area (Å²) in [6.45, 7) is 3.20. The molecule has 0 fully saturated rings. The molecule has 2 heterocycles. The minimum atomic E-state index is -0.814. The van der Waals surface area contributed by atoms with Crippen molar-refractivity contribution in [1.82, 2.24) is 14.3 Å². The molecule has 0 bridgehead atoms. The van der Waals surface area contributed by atoms with E-state index in [1.807, 2.05) is 42.7 Å². The van der Waals surface area contributed by atoms with E-state index < -0.39 is 30.2 Å². The number of hydrogen-bond donors (Lipinski definition) is 1. The van der Waals surface area contributed by atoms with Gasteiger partial charge < -0.3 is 9.30 Å². The highest BCUT2D eigenvalue weighted by atomic mass is 35.5. The second-order valence-corrected chi connectivity index (χ2v) is 8.33. The summed E-state index contributed by atoms with van der Waals surface area (Å²) in [5, 5.41) is 3.43. The summed E-state index contributed by atoms with van der Waals surface area (Å²) in [5.74, 6) is -1.18. The van der Waals surface area contributed by atoms with Crippen molar-refractivity contribution in [1.29, 1.82) is 0 Å². The van der Waals surface area contributed by atoms with Crippen LogP contribution in [0.15, 0.2) is 64.2 Å². The SMILES string of the molecule is Cc1cc(C(=O)COC(=O)Cn2[nH]c(=O)c3ccccc3c2=O)c(C)n1Cc1ccccc1Cl. The molecule has 34 heavy (non-hydrogen) atoms. The summed E-state index contributed by atoms with van der Waals surface area (Å²) in [4.78, 5) is 49.8. The second-order valence-electron chi connectivity index (χ2n) is 7.92. The van der Waals surface area contributed by atoms with Crippen LogP contribution in [-0.2, 0) is 22.6 Å². The monoisotopic (exact) mass is 479 g/mol. The van der Waals surface area contributed by atoms with Gasteiger partial charge in [-0.1, -0.05) is 41.9 Å². The van der Waals surface area contributed by atoms with Crippen molar-refractivity contribution >= 4 is 34.1 Å². The maximum atomic E-state index is 12.8. The van der Waals surface area contributed by atoms with Crippen molar-refractivity contribution in [3.63, 3.8) is 0 Å². The fourth-order valence-electron chi connectivity index (χ4n) is 3.88. The third kappa shape index (κ3) is 4.58. The Morgan fingerprint density at radius 1 is 1.00 bits per heavy atom. The normalized spacial score (nSPS) is 11.0. The van der Waals surface area contributed by atoms with E-state index in [-0.39, 0.29) is 16.6 Å². The van der Waals surface area contributed by atoms with Gasteiger partial charge in [0.2, 0.25) is 5.78 Å². The first kappa shape index (κ1) is 23.3. The first-order valence-electron chi connectivity index (χ1n) is 10.6. The van der Waals surface area contributed by atoms with Crippen LogP contribution in [0.25, 0.3) is 10.8 Å². The van der Waals surface area contributed by atoms with E-state index in [0.29, 0.717) is 17.1 Å². The fraction of sp³-hybridized carbons (Fsp3) is 0.200. The predicted molar refractivity (Wildman–Crippen MR) is 129 cm³/mol. The number of aryl methyl sites for hydroxylation is 1. The minimum Gasteiger partial charge on any atom is -0.456 e.